The molecule has 0 fully saturated rings. The van der Waals surface area contributed by atoms with E-state index in [0.29, 0.717) is 47.8 Å². The highest BCUT2D eigenvalue weighted by molar-refractivity contribution is 7.89. The fourth-order valence-electron chi connectivity index (χ4n) is 4.07. The van der Waals surface area contributed by atoms with Crippen LogP contribution in [0, 0.1) is 0 Å². The van der Waals surface area contributed by atoms with Gasteiger partial charge in [0.2, 0.25) is 15.8 Å². The molecule has 2 aromatic carbocycles. The highest BCUT2D eigenvalue weighted by atomic mass is 32.2. The summed E-state index contributed by atoms with van der Waals surface area (Å²) < 4.78 is 30.9. The average molecular weight is 484 g/mol. The Morgan fingerprint density at radius 2 is 1.71 bits per heavy atom. The van der Waals surface area contributed by atoms with Gasteiger partial charge >= 0.3 is 0 Å². The Kier molecular flexibility index (Phi) is 6.58. The van der Waals surface area contributed by atoms with Crippen molar-refractivity contribution in [3.05, 3.63) is 58.6 Å². The second kappa shape index (κ2) is 9.43. The number of fused-ring (bicyclic) bond motifs is 3. The van der Waals surface area contributed by atoms with Crippen LogP contribution in [0.4, 0.5) is 11.4 Å². The lowest BCUT2D eigenvalue weighted by Crippen LogP contribution is -2.30. The lowest BCUT2D eigenvalue weighted by atomic mass is 10.2. The van der Waals surface area contributed by atoms with Crippen molar-refractivity contribution in [1.82, 2.24) is 23.5 Å². The summed E-state index contributed by atoms with van der Waals surface area (Å²) in [6, 6.07) is 12.3. The molecule has 0 aliphatic heterocycles. The number of sulfonamides is 1. The van der Waals surface area contributed by atoms with Crippen molar-refractivity contribution in [3.8, 4) is 0 Å². The van der Waals surface area contributed by atoms with E-state index in [2.05, 4.69) is 20.8 Å². The topological polar surface area (TPSA) is 114 Å². The van der Waals surface area contributed by atoms with Crippen molar-refractivity contribution in [2.45, 2.75) is 32.2 Å². The highest BCUT2D eigenvalue weighted by Gasteiger charge is 2.23. The van der Waals surface area contributed by atoms with E-state index in [1.807, 2.05) is 43.4 Å². The number of anilines is 2. The van der Waals surface area contributed by atoms with Gasteiger partial charge in [0.25, 0.3) is 5.56 Å². The molecule has 0 aliphatic carbocycles. The van der Waals surface area contributed by atoms with Gasteiger partial charge in [-0.15, -0.1) is 10.2 Å². The molecule has 2 aromatic heterocycles. The largest absolute Gasteiger partial charge is 0.384 e. The molecule has 11 heteroatoms. The van der Waals surface area contributed by atoms with Crippen molar-refractivity contribution in [2.75, 3.05) is 30.3 Å². The maximum Gasteiger partial charge on any atom is 0.262 e. The minimum Gasteiger partial charge on any atom is -0.384 e. The predicted octanol–water partition coefficient (Wildman–Crippen LogP) is 2.66. The van der Waals surface area contributed by atoms with Crippen LogP contribution in [0.15, 0.2) is 52.2 Å². The van der Waals surface area contributed by atoms with Gasteiger partial charge in [0, 0.05) is 26.7 Å². The van der Waals surface area contributed by atoms with E-state index < -0.39 is 10.0 Å². The molecule has 4 aromatic rings. The molecule has 0 spiro atoms. The Morgan fingerprint density at radius 3 is 2.41 bits per heavy atom. The molecule has 0 unspecified atom stereocenters. The average Bonchev–Trinajstić information content (AvgIpc) is 3.27. The first kappa shape index (κ1) is 23.7. The zero-order valence-electron chi connectivity index (χ0n) is 19.7. The Hall–Kier alpha value is -3.44. The minimum atomic E-state index is -3.61. The second-order valence-electron chi connectivity index (χ2n) is 7.81. The molecule has 0 saturated heterocycles. The van der Waals surface area contributed by atoms with Crippen molar-refractivity contribution < 1.29 is 8.42 Å². The summed E-state index contributed by atoms with van der Waals surface area (Å²) in [5, 5.41) is 15.7. The van der Waals surface area contributed by atoms with Crippen LogP contribution in [0.2, 0.25) is 0 Å². The number of nitrogens with zero attached hydrogens (tertiary/aromatic N) is 5. The molecule has 34 heavy (non-hydrogen) atoms. The molecule has 0 radical (unpaired) electrons. The Balaban J connectivity index is 1.76. The standard InChI is InChI=1S/C23H29N7O3S/c1-5-24-18-13-12-16(34(32,33)29(6-2)7-3)14-19(18)25-15-21-26-27-23-28(4)22(31)17-10-8-9-11-20(17)30(21)23/h8-14,24-25H,5-7,15H2,1-4H3. The van der Waals surface area contributed by atoms with E-state index in [0.717, 1.165) is 5.69 Å². The van der Waals surface area contributed by atoms with Gasteiger partial charge in [-0.05, 0) is 37.3 Å². The fourth-order valence-corrected chi connectivity index (χ4v) is 5.55. The monoisotopic (exact) mass is 483 g/mol. The molecular weight excluding hydrogens is 454 g/mol. The normalized spacial score (nSPS) is 12.0. The summed E-state index contributed by atoms with van der Waals surface area (Å²) in [5.41, 5.74) is 2.00. The van der Waals surface area contributed by atoms with E-state index in [-0.39, 0.29) is 17.0 Å². The first-order valence-corrected chi connectivity index (χ1v) is 12.7. The number of para-hydroxylation sites is 1. The Morgan fingerprint density at radius 1 is 0.971 bits per heavy atom. The second-order valence-corrected chi connectivity index (χ2v) is 9.75. The summed E-state index contributed by atoms with van der Waals surface area (Å²) in [5.74, 6) is 1.03. The van der Waals surface area contributed by atoms with E-state index in [1.165, 1.54) is 8.87 Å². The summed E-state index contributed by atoms with van der Waals surface area (Å²) in [6.07, 6.45) is 0. The van der Waals surface area contributed by atoms with Gasteiger partial charge in [0.05, 0.1) is 33.7 Å². The van der Waals surface area contributed by atoms with Crippen LogP contribution in [0.1, 0.15) is 26.6 Å². The molecule has 0 saturated carbocycles. The number of aromatic nitrogens is 4. The lowest BCUT2D eigenvalue weighted by Gasteiger charge is -2.20. The summed E-state index contributed by atoms with van der Waals surface area (Å²) >= 11 is 0. The van der Waals surface area contributed by atoms with Crippen LogP contribution in [0.25, 0.3) is 16.7 Å². The van der Waals surface area contributed by atoms with E-state index in [1.54, 1.807) is 31.3 Å². The molecule has 2 heterocycles. The zero-order valence-corrected chi connectivity index (χ0v) is 20.6. The Bertz CT molecular complexity index is 1500. The van der Waals surface area contributed by atoms with Gasteiger partial charge in [-0.1, -0.05) is 26.0 Å². The zero-order chi connectivity index (χ0) is 24.5. The number of nitrogens with one attached hydrogen (secondary N) is 2. The van der Waals surface area contributed by atoms with E-state index in [4.69, 9.17) is 0 Å². The van der Waals surface area contributed by atoms with Crippen LogP contribution in [0.5, 0.6) is 0 Å². The first-order valence-electron chi connectivity index (χ1n) is 11.3. The SMILES string of the molecule is CCNc1ccc(S(=O)(=O)N(CC)CC)cc1NCc1nnc2n(C)c(=O)c3ccccc3n12. The molecular formula is C23H29N7O3S. The van der Waals surface area contributed by atoms with E-state index >= 15 is 0 Å². The van der Waals surface area contributed by atoms with Crippen molar-refractivity contribution in [1.29, 1.82) is 0 Å². The first-order chi connectivity index (χ1) is 16.3. The number of hydrogen-bond donors (Lipinski definition) is 2. The third-order valence-electron chi connectivity index (χ3n) is 5.83. The van der Waals surface area contributed by atoms with E-state index in [9.17, 15) is 13.2 Å². The molecule has 0 aliphatic rings. The maximum atomic E-state index is 13.1. The molecule has 2 N–H and O–H groups in total. The fraction of sp³-hybridized carbons (Fsp3) is 0.348. The molecule has 0 atom stereocenters. The van der Waals surface area contributed by atoms with Crippen LogP contribution in [0.3, 0.4) is 0 Å². The van der Waals surface area contributed by atoms with Gasteiger partial charge in [-0.25, -0.2) is 8.42 Å². The smallest absolute Gasteiger partial charge is 0.262 e. The minimum absolute atomic E-state index is 0.140. The number of hydrogen-bond acceptors (Lipinski definition) is 7. The molecule has 4 rings (SSSR count). The molecule has 10 nitrogen and oxygen atoms in total. The van der Waals surface area contributed by atoms with Gasteiger partial charge in [-0.2, -0.15) is 4.31 Å². The van der Waals surface area contributed by atoms with Crippen molar-refractivity contribution in [3.63, 3.8) is 0 Å². The van der Waals surface area contributed by atoms with Crippen LogP contribution < -0.4 is 16.2 Å². The number of benzene rings is 2. The van der Waals surface area contributed by atoms with Gasteiger partial charge in [-0.3, -0.25) is 13.8 Å². The van der Waals surface area contributed by atoms with Crippen LogP contribution in [-0.2, 0) is 23.6 Å². The van der Waals surface area contributed by atoms with Gasteiger partial charge in [0.15, 0.2) is 5.82 Å². The maximum absolute atomic E-state index is 13.1. The molecule has 180 valence electrons. The third kappa shape index (κ3) is 4.01. The number of rotatable bonds is 9. The quantitative estimate of drug-likeness (QED) is 0.376. The molecule has 0 bridgehead atoms. The summed E-state index contributed by atoms with van der Waals surface area (Å²) in [4.78, 5) is 12.9. The van der Waals surface area contributed by atoms with Gasteiger partial charge in [0.1, 0.15) is 0 Å². The lowest BCUT2D eigenvalue weighted by molar-refractivity contribution is 0.445. The number of aryl methyl sites for hydroxylation is 1. The summed E-state index contributed by atoms with van der Waals surface area (Å²) in [7, 11) is -1.94. The Labute approximate surface area is 198 Å². The summed E-state index contributed by atoms with van der Waals surface area (Å²) in [6.45, 7) is 7.36. The van der Waals surface area contributed by atoms with Gasteiger partial charge < -0.3 is 10.6 Å². The van der Waals surface area contributed by atoms with Crippen LogP contribution >= 0.6 is 0 Å². The predicted molar refractivity (Wildman–Crippen MR) is 134 cm³/mol. The molecule has 0 amide bonds. The van der Waals surface area contributed by atoms with Crippen molar-refractivity contribution >= 4 is 38.1 Å². The third-order valence-corrected chi connectivity index (χ3v) is 7.88. The highest BCUT2D eigenvalue weighted by Crippen LogP contribution is 2.28. The van der Waals surface area contributed by atoms with Crippen molar-refractivity contribution in [2.24, 2.45) is 7.05 Å². The van der Waals surface area contributed by atoms with Crippen LogP contribution in [-0.4, -0.2) is 51.5 Å².